The van der Waals surface area contributed by atoms with E-state index in [0.29, 0.717) is 0 Å². The van der Waals surface area contributed by atoms with Crippen LogP contribution >= 0.6 is 0 Å². The number of nitrogens with zero attached hydrogens (tertiary/aromatic N) is 1. The first-order chi connectivity index (χ1) is 6.22. The van der Waals surface area contributed by atoms with E-state index in [1.165, 1.54) is 0 Å². The molecule has 74 valence electrons. The average Bonchev–Trinajstić information content (AvgIpc) is 2.04. The van der Waals surface area contributed by atoms with E-state index in [1.807, 2.05) is 13.8 Å². The summed E-state index contributed by atoms with van der Waals surface area (Å²) in [5.74, 6) is 0. The fourth-order valence-corrected chi connectivity index (χ4v) is 1.82. The van der Waals surface area contributed by atoms with Gasteiger partial charge in [0.2, 0.25) is 6.08 Å². The summed E-state index contributed by atoms with van der Waals surface area (Å²) >= 11 is 0. The second-order valence-electron chi connectivity index (χ2n) is 3.85. The lowest BCUT2D eigenvalue weighted by Crippen LogP contribution is -2.27. The molecule has 0 aromatic carbocycles. The smallest absolute Gasteiger partial charge is 0.235 e. The van der Waals surface area contributed by atoms with E-state index in [9.17, 15) is 4.79 Å². The van der Waals surface area contributed by atoms with E-state index >= 15 is 0 Å². The van der Waals surface area contributed by atoms with Crippen LogP contribution in [0.4, 0.5) is 0 Å². The first-order valence-corrected chi connectivity index (χ1v) is 4.95. The number of rotatable bonds is 3. The Bertz CT molecular complexity index is 197. The van der Waals surface area contributed by atoms with Crippen LogP contribution in [-0.2, 0) is 9.53 Å². The number of aliphatic imine (C=N–C) groups is 1. The molecule has 0 spiro atoms. The van der Waals surface area contributed by atoms with Gasteiger partial charge in [-0.25, -0.2) is 9.79 Å². The number of carbonyl (C=O) groups excluding carboxylic acids is 1. The third-order valence-corrected chi connectivity index (χ3v) is 2.30. The normalized spacial score (nSPS) is 28.5. The van der Waals surface area contributed by atoms with Gasteiger partial charge >= 0.3 is 0 Å². The maximum atomic E-state index is 10.1. The van der Waals surface area contributed by atoms with Crippen molar-refractivity contribution in [3.63, 3.8) is 0 Å². The molecule has 1 aliphatic carbocycles. The molecule has 1 saturated carbocycles. The van der Waals surface area contributed by atoms with E-state index in [2.05, 4.69) is 4.99 Å². The molecule has 0 radical (unpaired) electrons. The minimum absolute atomic E-state index is 0.148. The Kier molecular flexibility index (Phi) is 4.13. The molecule has 0 aromatic rings. The average molecular weight is 183 g/mol. The van der Waals surface area contributed by atoms with Crippen LogP contribution in [0.3, 0.4) is 0 Å². The summed E-state index contributed by atoms with van der Waals surface area (Å²) in [6.07, 6.45) is 6.28. The zero-order chi connectivity index (χ0) is 9.68. The van der Waals surface area contributed by atoms with Crippen molar-refractivity contribution in [1.29, 1.82) is 0 Å². The number of isocyanates is 1. The van der Waals surface area contributed by atoms with Crippen LogP contribution in [0.2, 0.25) is 0 Å². The molecule has 0 aromatic heterocycles. The summed E-state index contributed by atoms with van der Waals surface area (Å²) in [6.45, 7) is 4.07. The molecule has 0 N–H and O–H groups in total. The lowest BCUT2D eigenvalue weighted by Gasteiger charge is -2.27. The van der Waals surface area contributed by atoms with E-state index in [-0.39, 0.29) is 18.2 Å². The van der Waals surface area contributed by atoms with Gasteiger partial charge in [0, 0.05) is 0 Å². The Hall–Kier alpha value is -0.660. The lowest BCUT2D eigenvalue weighted by atomic mass is 9.93. The van der Waals surface area contributed by atoms with Crippen LogP contribution in [0.15, 0.2) is 4.99 Å². The van der Waals surface area contributed by atoms with Gasteiger partial charge in [0.25, 0.3) is 0 Å². The SMILES string of the molecule is CC(C)OC1CCCC(N=C=O)C1. The third-order valence-electron chi connectivity index (χ3n) is 2.30. The van der Waals surface area contributed by atoms with Gasteiger partial charge in [-0.15, -0.1) is 0 Å². The Balaban J connectivity index is 2.37. The predicted octanol–water partition coefficient (Wildman–Crippen LogP) is 2.06. The highest BCUT2D eigenvalue weighted by Gasteiger charge is 2.22. The third kappa shape index (κ3) is 3.71. The van der Waals surface area contributed by atoms with Gasteiger partial charge in [-0.2, -0.15) is 0 Å². The molecule has 0 saturated heterocycles. The van der Waals surface area contributed by atoms with Crippen LogP contribution in [0.1, 0.15) is 39.5 Å². The molecule has 0 aliphatic heterocycles. The molecule has 13 heavy (non-hydrogen) atoms. The first-order valence-electron chi connectivity index (χ1n) is 4.95. The molecular formula is C10H17NO2. The van der Waals surface area contributed by atoms with Crippen molar-refractivity contribution in [2.75, 3.05) is 0 Å². The van der Waals surface area contributed by atoms with E-state index < -0.39 is 0 Å². The van der Waals surface area contributed by atoms with Crippen molar-refractivity contribution in [2.24, 2.45) is 4.99 Å². The molecule has 2 atom stereocenters. The van der Waals surface area contributed by atoms with E-state index in [0.717, 1.165) is 25.7 Å². The zero-order valence-corrected chi connectivity index (χ0v) is 8.32. The standard InChI is InChI=1S/C10H17NO2/c1-8(2)13-10-5-3-4-9(6-10)11-7-12/h8-10H,3-6H2,1-2H3. The Morgan fingerprint density at radius 2 is 2.23 bits per heavy atom. The Morgan fingerprint density at radius 3 is 2.85 bits per heavy atom. The van der Waals surface area contributed by atoms with Gasteiger partial charge < -0.3 is 4.74 Å². The van der Waals surface area contributed by atoms with Gasteiger partial charge in [0.15, 0.2) is 0 Å². The molecule has 2 unspecified atom stereocenters. The number of hydrogen-bond acceptors (Lipinski definition) is 3. The quantitative estimate of drug-likeness (QED) is 0.496. The van der Waals surface area contributed by atoms with Crippen molar-refractivity contribution in [2.45, 2.75) is 57.8 Å². The second kappa shape index (κ2) is 5.15. The van der Waals surface area contributed by atoms with Crippen molar-refractivity contribution in [3.8, 4) is 0 Å². The number of hydrogen-bond donors (Lipinski definition) is 0. The highest BCUT2D eigenvalue weighted by atomic mass is 16.5. The largest absolute Gasteiger partial charge is 0.375 e. The van der Waals surface area contributed by atoms with Gasteiger partial charge in [0.1, 0.15) is 0 Å². The van der Waals surface area contributed by atoms with E-state index in [4.69, 9.17) is 4.74 Å². The Labute approximate surface area is 79.2 Å². The minimum atomic E-state index is 0.148. The fourth-order valence-electron chi connectivity index (χ4n) is 1.82. The molecule has 1 aliphatic rings. The van der Waals surface area contributed by atoms with Gasteiger partial charge in [-0.3, -0.25) is 0 Å². The zero-order valence-electron chi connectivity index (χ0n) is 8.32. The molecule has 1 fully saturated rings. The molecule has 3 heteroatoms. The highest BCUT2D eigenvalue weighted by molar-refractivity contribution is 5.33. The minimum Gasteiger partial charge on any atom is -0.375 e. The monoisotopic (exact) mass is 183 g/mol. The van der Waals surface area contributed by atoms with Crippen LogP contribution in [0, 0.1) is 0 Å². The van der Waals surface area contributed by atoms with Crippen molar-refractivity contribution >= 4 is 6.08 Å². The summed E-state index contributed by atoms with van der Waals surface area (Å²) in [5, 5.41) is 0. The fraction of sp³-hybridized carbons (Fsp3) is 0.900. The second-order valence-corrected chi connectivity index (χ2v) is 3.85. The summed E-state index contributed by atoms with van der Waals surface area (Å²) in [5.41, 5.74) is 0. The first kappa shape index (κ1) is 10.4. The van der Waals surface area contributed by atoms with E-state index in [1.54, 1.807) is 6.08 Å². The summed E-state index contributed by atoms with van der Waals surface area (Å²) in [7, 11) is 0. The molecular weight excluding hydrogens is 166 g/mol. The predicted molar refractivity (Wildman–Crippen MR) is 50.4 cm³/mol. The maximum Gasteiger partial charge on any atom is 0.235 e. The highest BCUT2D eigenvalue weighted by Crippen LogP contribution is 2.23. The molecule has 1 rings (SSSR count). The molecule has 0 heterocycles. The maximum absolute atomic E-state index is 10.1. The summed E-state index contributed by atoms with van der Waals surface area (Å²) in [4.78, 5) is 13.8. The topological polar surface area (TPSA) is 38.7 Å². The Morgan fingerprint density at radius 1 is 1.46 bits per heavy atom. The summed E-state index contributed by atoms with van der Waals surface area (Å²) < 4.78 is 5.68. The summed E-state index contributed by atoms with van der Waals surface area (Å²) in [6, 6.07) is 0.148. The molecule has 0 amide bonds. The van der Waals surface area contributed by atoms with Gasteiger partial charge in [-0.05, 0) is 39.5 Å². The molecule has 0 bridgehead atoms. The number of ether oxygens (including phenoxy) is 1. The van der Waals surface area contributed by atoms with Crippen molar-refractivity contribution in [1.82, 2.24) is 0 Å². The van der Waals surface area contributed by atoms with Crippen LogP contribution in [-0.4, -0.2) is 24.3 Å². The van der Waals surface area contributed by atoms with Gasteiger partial charge in [0.05, 0.1) is 18.2 Å². The van der Waals surface area contributed by atoms with Crippen LogP contribution in [0.5, 0.6) is 0 Å². The van der Waals surface area contributed by atoms with Crippen molar-refractivity contribution < 1.29 is 9.53 Å². The van der Waals surface area contributed by atoms with Gasteiger partial charge in [-0.1, -0.05) is 0 Å². The van der Waals surface area contributed by atoms with Crippen LogP contribution in [0.25, 0.3) is 0 Å². The van der Waals surface area contributed by atoms with Crippen LogP contribution < -0.4 is 0 Å². The molecule has 3 nitrogen and oxygen atoms in total. The lowest BCUT2D eigenvalue weighted by molar-refractivity contribution is -0.0153. The van der Waals surface area contributed by atoms with Crippen molar-refractivity contribution in [3.05, 3.63) is 0 Å².